The summed E-state index contributed by atoms with van der Waals surface area (Å²) >= 11 is 55.1. The molecule has 4 aliphatic carbocycles. The van der Waals surface area contributed by atoms with Gasteiger partial charge in [-0.05, 0) is 246 Å². The minimum Gasteiger partial charge on any atom is -0.693 e. The lowest BCUT2D eigenvalue weighted by Crippen LogP contribution is -2.41. The number of aromatic nitrogens is 23. The van der Waals surface area contributed by atoms with Gasteiger partial charge in [0, 0.05) is 46.8 Å². The summed E-state index contributed by atoms with van der Waals surface area (Å²) in [5.74, 6) is -4.90. The quantitative estimate of drug-likeness (QED) is 0.0175. The van der Waals surface area contributed by atoms with E-state index < -0.39 is 58.3 Å². The Labute approximate surface area is 891 Å². The number of carbonyl (C=O) groups excluding carboxylic acids is 2. The van der Waals surface area contributed by atoms with Gasteiger partial charge in [0.25, 0.3) is 17.5 Å². The van der Waals surface area contributed by atoms with Crippen molar-refractivity contribution >= 4 is 286 Å². The first-order chi connectivity index (χ1) is 69.1. The number of nitrogens with two attached hydrogens (primary N) is 5. The normalized spacial score (nSPS) is 14.1. The number of hydrogen-bond donors (Lipinski definition) is 8. The van der Waals surface area contributed by atoms with Crippen molar-refractivity contribution in [3.8, 4) is 33.8 Å². The number of carbonyl (C=O) groups is 2. The number of fused-ring (bicyclic) bond motifs is 5. The van der Waals surface area contributed by atoms with E-state index in [9.17, 15) is 37.3 Å². The third-order valence-corrected chi connectivity index (χ3v) is 27.7. The second-order valence-corrected chi connectivity index (χ2v) is 39.5. The zero-order valence-corrected chi connectivity index (χ0v) is 87.3. The molecule has 0 spiro atoms. The van der Waals surface area contributed by atoms with Crippen LogP contribution in [-0.4, -0.2) is 166 Å². The first-order valence-electron chi connectivity index (χ1n) is 43.1. The fraction of sp³-hybridized carbons (Fsp3) is 0.200. The van der Waals surface area contributed by atoms with Crippen LogP contribution < -0.4 is 44.9 Å². The van der Waals surface area contributed by atoms with E-state index in [0.29, 0.717) is 143 Å². The summed E-state index contributed by atoms with van der Waals surface area (Å²) in [6.07, 6.45) is 20.5. The second kappa shape index (κ2) is 46.0. The summed E-state index contributed by atoms with van der Waals surface area (Å²) in [6.45, 7) is 7.99. The van der Waals surface area contributed by atoms with Crippen molar-refractivity contribution in [2.24, 2.45) is 0 Å². The third-order valence-electron chi connectivity index (χ3n) is 22.0. The lowest BCUT2D eigenvalue weighted by molar-refractivity contribution is -0.384. The van der Waals surface area contributed by atoms with Gasteiger partial charge in [-0.25, -0.2) is 37.5 Å². The fourth-order valence-corrected chi connectivity index (χ4v) is 15.9. The van der Waals surface area contributed by atoms with E-state index in [0.717, 1.165) is 115 Å². The van der Waals surface area contributed by atoms with E-state index in [4.69, 9.17) is 119 Å². The van der Waals surface area contributed by atoms with E-state index in [1.807, 2.05) is 58.0 Å². The molecule has 2 amide bonds. The second-order valence-electron chi connectivity index (χ2n) is 33.2. The Morgan fingerprint density at radius 2 is 0.710 bits per heavy atom. The molecular weight excluding hydrogens is 2290 g/mol. The molecule has 23 rings (SSSR count). The van der Waals surface area contributed by atoms with Gasteiger partial charge in [-0.2, -0.15) is 75.4 Å². The summed E-state index contributed by atoms with van der Waals surface area (Å²) in [4.78, 5) is 74.3. The van der Waals surface area contributed by atoms with E-state index in [1.165, 1.54) is 74.3 Å². The minimum atomic E-state index is -0.962. The van der Waals surface area contributed by atoms with Gasteiger partial charge < -0.3 is 64.1 Å². The number of aromatic amines is 1. The zero-order chi connectivity index (χ0) is 104. The lowest BCUT2D eigenvalue weighted by Gasteiger charge is -2.32. The van der Waals surface area contributed by atoms with Gasteiger partial charge in [-0.3, -0.25) is 39.6 Å². The highest BCUT2D eigenvalue weighted by molar-refractivity contribution is 9.11. The molecule has 18 aromatic rings. The van der Waals surface area contributed by atoms with Crippen LogP contribution in [0.25, 0.3) is 88.9 Å². The van der Waals surface area contributed by atoms with Crippen LogP contribution in [-0.2, 0) is 9.31 Å². The van der Waals surface area contributed by atoms with E-state index in [-0.39, 0.29) is 34.2 Å². The summed E-state index contributed by atoms with van der Waals surface area (Å²) in [5, 5.41) is 64.6. The first kappa shape index (κ1) is 107. The van der Waals surface area contributed by atoms with Crippen LogP contribution in [0.1, 0.15) is 124 Å². The molecule has 9 aromatic carbocycles. The maximum absolute atomic E-state index is 13.8. The van der Waals surface area contributed by atoms with Gasteiger partial charge in [0.2, 0.25) is 0 Å². The number of halogens is 15. The van der Waals surface area contributed by atoms with Gasteiger partial charge >= 0.3 is 7.12 Å². The summed E-state index contributed by atoms with van der Waals surface area (Å²) in [7, 11) is 7.53. The minimum absolute atomic E-state index is 0.0447. The Hall–Kier alpha value is -12.6. The molecule has 739 valence electrons. The molecule has 9 aromatic heterocycles. The Balaban J connectivity index is 0.000000128. The molecule has 37 nitrogen and oxygen atoms in total. The van der Waals surface area contributed by atoms with Crippen molar-refractivity contribution in [1.29, 1.82) is 0 Å². The highest BCUT2D eigenvalue weighted by Crippen LogP contribution is 2.43. The number of nitro groups is 1. The number of nitrogen functional groups attached to an aromatic ring is 5. The molecule has 145 heavy (non-hydrogen) atoms. The van der Waals surface area contributed by atoms with Crippen molar-refractivity contribution in [3.63, 3.8) is 0 Å². The largest absolute Gasteiger partial charge is 0.693 e. The smallest absolute Gasteiger partial charge is 0.516 e. The predicted molar refractivity (Wildman–Crippen MR) is 566 cm³/mol. The SMILES string of the molecule is CC1(C)OB(c2cnc(N)cn2)OC1(C)C.Clc1cc2n[nH]nc2cc1Br.Clc1cc2nn(C3CC3)nc2cc1Br.Nc1cc(Cl)c(Br)cc1N.Nc1cc(Cl)c(Br)cc1[N+](=O)[O-].Nc1cnc(-c2cc3nn(C4CC4)nc3cc2Cl)cn1.O=C(Nc1cnc(-c2cc3nn(C4CC4)nc3cc2Cl)cn1)c1c(F)cccc1F.O=C(Nc1cnc(-c2cc3nn(C4CC4)nc3cc2Cl)cn1)c1c(F)cccc1F.[B][B-]. The molecule has 0 bridgehead atoms. The third kappa shape index (κ3) is 26.5. The molecule has 4 saturated carbocycles. The zero-order valence-electron chi connectivity index (χ0n) is 75.7. The molecule has 1 aliphatic heterocycles. The number of H-pyrrole nitrogens is 1. The van der Waals surface area contributed by atoms with Crippen LogP contribution in [0.3, 0.4) is 0 Å². The summed E-state index contributed by atoms with van der Waals surface area (Å²) < 4.78 is 69.6. The van der Waals surface area contributed by atoms with Gasteiger partial charge in [0.15, 0.2) is 11.6 Å². The summed E-state index contributed by atoms with van der Waals surface area (Å²) in [6, 6.07) is 32.0. The lowest BCUT2D eigenvalue weighted by atomic mass is 9.81. The molecule has 0 unspecified atom stereocenters. The summed E-state index contributed by atoms with van der Waals surface area (Å²) in [5.41, 5.74) is 38.1. The van der Waals surface area contributed by atoms with Crippen LogP contribution in [0.4, 0.5) is 63.6 Å². The number of rotatable bonds is 13. The molecule has 13 N–H and O–H groups in total. The standard InChI is InChI=1S/2C20H13ClF2N6O.C13H11ClN6.C10H16BN3O2.C9H7BrClN3.C6H3BrClN3.C6H4BrClN2O2.C6H6BrClN2.B2/c2*21-12-7-16-15(27-29(28-16)10-4-5-10)6-11(12)17-8-25-18(9-24-17)26-20(30)19-13(22)2-1-3-14(19)23;14-9-4-11-10(18-20(19-11)7-1-2-7)3-8(9)12-5-17-13(15)6-16-12;1-9(2)10(3,4)16-11(15-9)7-5-14-8(12)6-13-7;10-6-3-8-9(4-7(6)11)13-14(12-8)5-1-2-5;7-3-1-5-6(2-4(3)8)10-11-9-5;7-3-1-6(10(11)12)5(9)2-4(3)8;7-3-1-5(9)6(10)2-4(3)8;1-2/h2*1-3,6-10H,4-5H2,(H,25,26,30);3-7H,1-2H2,(H2,15,17);5-6H,1-4H3,(H2,12,14);3-5H,1-2H2;1-2H,(H,9,10,11);1-2H,9H2;1-2H,9-10H2;/q;;;;;;;;-1. The van der Waals surface area contributed by atoms with Crippen LogP contribution in [0.5, 0.6) is 0 Å². The monoisotopic (exact) mass is 2350 g/mol. The molecular formula is C90H73B3Br4Cl7F4N31O6-. The van der Waals surface area contributed by atoms with Crippen molar-refractivity contribution in [1.82, 2.24) is 115 Å². The van der Waals surface area contributed by atoms with Crippen LogP contribution in [0, 0.1) is 33.4 Å². The Kier molecular flexibility index (Phi) is 33.9. The van der Waals surface area contributed by atoms with Gasteiger partial charge in [0.1, 0.15) is 107 Å². The van der Waals surface area contributed by atoms with E-state index in [1.54, 1.807) is 74.0 Å². The maximum Gasteiger partial charge on any atom is 0.516 e. The van der Waals surface area contributed by atoms with Crippen LogP contribution in [0.15, 0.2) is 189 Å². The molecule has 55 heteroatoms. The predicted octanol–water partition coefficient (Wildman–Crippen LogP) is 21.3. The number of nitrogens with zero attached hydrogens (tertiary/aromatic N) is 23. The molecule has 5 radical (unpaired) electrons. The van der Waals surface area contributed by atoms with Crippen LogP contribution >= 0.6 is 145 Å². The average molecular weight is 2360 g/mol. The molecule has 10 heterocycles. The number of amides is 2. The van der Waals surface area contributed by atoms with E-state index in [2.05, 4.69) is 186 Å². The number of hydrogen-bond acceptors (Lipinski definition) is 29. The Morgan fingerprint density at radius 3 is 1.05 bits per heavy atom. The van der Waals surface area contributed by atoms with Crippen LogP contribution in [0.2, 0.25) is 35.2 Å². The maximum atomic E-state index is 13.8. The number of benzene rings is 9. The van der Waals surface area contributed by atoms with Gasteiger partial charge in [0.05, 0.1) is 153 Å². The molecule has 0 atom stereocenters. The number of nitrogens with one attached hydrogen (secondary N) is 3. The number of anilines is 7. The molecule has 5 aliphatic rings. The van der Waals surface area contributed by atoms with Crippen molar-refractivity contribution < 1.29 is 41.4 Å². The van der Waals surface area contributed by atoms with Crippen molar-refractivity contribution in [2.75, 3.05) is 39.3 Å². The van der Waals surface area contributed by atoms with Crippen molar-refractivity contribution in [2.45, 2.75) is 114 Å². The average Bonchev–Trinajstić information content (AvgIpc) is 1.60. The molecule has 1 saturated heterocycles. The highest BCUT2D eigenvalue weighted by Gasteiger charge is 2.52. The van der Waals surface area contributed by atoms with Gasteiger partial charge in [-0.1, -0.05) is 93.3 Å². The van der Waals surface area contributed by atoms with E-state index >= 15 is 0 Å². The van der Waals surface area contributed by atoms with Gasteiger partial charge in [-0.15, -0.1) is 0 Å². The number of nitro benzene ring substituents is 1. The highest BCUT2D eigenvalue weighted by atomic mass is 79.9. The van der Waals surface area contributed by atoms with Crippen molar-refractivity contribution in [3.05, 3.63) is 268 Å². The Morgan fingerprint density at radius 1 is 0.414 bits per heavy atom. The topological polar surface area (TPSA) is 517 Å². The fourth-order valence-electron chi connectivity index (χ4n) is 13.1. The Bertz CT molecular complexity index is 7510. The molecule has 5 fully saturated rings. The first-order valence-corrected chi connectivity index (χ1v) is 48.9.